The number of aryl methyl sites for hydroxylation is 1. The minimum absolute atomic E-state index is 0.0291. The molecule has 0 saturated heterocycles. The predicted octanol–water partition coefficient (Wildman–Crippen LogP) is 2.87. The van der Waals surface area contributed by atoms with Crippen LogP contribution in [-0.2, 0) is 12.0 Å². The smallest absolute Gasteiger partial charge is 0.147 e. The second-order valence-corrected chi connectivity index (χ2v) is 4.19. The molecule has 1 aromatic heterocycles. The predicted molar refractivity (Wildman–Crippen MR) is 57.8 cm³/mol. The molecule has 0 aliphatic heterocycles. The second-order valence-electron chi connectivity index (χ2n) is 4.19. The van der Waals surface area contributed by atoms with Gasteiger partial charge in [-0.15, -0.1) is 0 Å². The SMILES string of the molecule is C=NCc1c(C)noc1C(C)(C)CC. The number of aliphatic imine (C=N–C) groups is 1. The van der Waals surface area contributed by atoms with Crippen molar-refractivity contribution in [1.29, 1.82) is 0 Å². The van der Waals surface area contributed by atoms with Crippen LogP contribution in [0.15, 0.2) is 9.52 Å². The highest BCUT2D eigenvalue weighted by atomic mass is 16.5. The molecule has 1 heterocycles. The Morgan fingerprint density at radius 3 is 2.64 bits per heavy atom. The number of hydrogen-bond donors (Lipinski definition) is 0. The molecule has 1 rings (SSSR count). The highest BCUT2D eigenvalue weighted by molar-refractivity contribution is 5.30. The summed E-state index contributed by atoms with van der Waals surface area (Å²) >= 11 is 0. The Morgan fingerprint density at radius 2 is 2.14 bits per heavy atom. The van der Waals surface area contributed by atoms with Crippen LogP contribution in [-0.4, -0.2) is 11.9 Å². The van der Waals surface area contributed by atoms with Gasteiger partial charge in [-0.1, -0.05) is 25.9 Å². The molecule has 3 nitrogen and oxygen atoms in total. The van der Waals surface area contributed by atoms with Crippen LogP contribution in [0.4, 0.5) is 0 Å². The molecule has 0 amide bonds. The topological polar surface area (TPSA) is 38.4 Å². The molecular weight excluding hydrogens is 176 g/mol. The number of aromatic nitrogens is 1. The van der Waals surface area contributed by atoms with Crippen molar-refractivity contribution in [3.8, 4) is 0 Å². The maximum atomic E-state index is 5.37. The van der Waals surface area contributed by atoms with E-state index in [0.717, 1.165) is 23.4 Å². The van der Waals surface area contributed by atoms with Gasteiger partial charge in [0.2, 0.25) is 0 Å². The van der Waals surface area contributed by atoms with Crippen molar-refractivity contribution in [2.24, 2.45) is 4.99 Å². The summed E-state index contributed by atoms with van der Waals surface area (Å²) in [6.45, 7) is 12.5. The van der Waals surface area contributed by atoms with Crippen LogP contribution < -0.4 is 0 Å². The Labute approximate surface area is 85.2 Å². The van der Waals surface area contributed by atoms with E-state index in [2.05, 4.69) is 37.6 Å². The zero-order valence-electron chi connectivity index (χ0n) is 9.42. The average Bonchev–Trinajstić information content (AvgIpc) is 2.50. The van der Waals surface area contributed by atoms with Crippen LogP contribution in [0.1, 0.15) is 44.2 Å². The molecule has 0 saturated carbocycles. The van der Waals surface area contributed by atoms with Crippen molar-refractivity contribution in [3.63, 3.8) is 0 Å². The van der Waals surface area contributed by atoms with E-state index in [4.69, 9.17) is 4.52 Å². The summed E-state index contributed by atoms with van der Waals surface area (Å²) in [4.78, 5) is 3.90. The van der Waals surface area contributed by atoms with Crippen LogP contribution >= 0.6 is 0 Å². The molecule has 3 heteroatoms. The Morgan fingerprint density at radius 1 is 1.50 bits per heavy atom. The van der Waals surface area contributed by atoms with E-state index in [0.29, 0.717) is 6.54 Å². The molecule has 0 aromatic carbocycles. The summed E-state index contributed by atoms with van der Waals surface area (Å²) in [5.74, 6) is 0.949. The molecule has 0 spiro atoms. The van der Waals surface area contributed by atoms with E-state index in [1.807, 2.05) is 6.92 Å². The normalized spacial score (nSPS) is 11.7. The third kappa shape index (κ3) is 1.86. The zero-order valence-corrected chi connectivity index (χ0v) is 9.42. The first-order valence-corrected chi connectivity index (χ1v) is 4.91. The Kier molecular flexibility index (Phi) is 3.09. The van der Waals surface area contributed by atoms with E-state index in [-0.39, 0.29) is 5.41 Å². The fraction of sp³-hybridized carbons (Fsp3) is 0.636. The molecule has 1 aromatic rings. The molecule has 0 atom stereocenters. The van der Waals surface area contributed by atoms with Crippen molar-refractivity contribution >= 4 is 6.72 Å². The molecule has 0 N–H and O–H groups in total. The molecule has 0 radical (unpaired) electrons. The first-order chi connectivity index (χ1) is 6.53. The highest BCUT2D eigenvalue weighted by Crippen LogP contribution is 2.31. The first-order valence-electron chi connectivity index (χ1n) is 4.91. The fourth-order valence-electron chi connectivity index (χ4n) is 1.38. The van der Waals surface area contributed by atoms with Gasteiger partial charge in [0.05, 0.1) is 12.2 Å². The lowest BCUT2D eigenvalue weighted by atomic mass is 9.85. The maximum Gasteiger partial charge on any atom is 0.147 e. The van der Waals surface area contributed by atoms with Gasteiger partial charge >= 0.3 is 0 Å². The van der Waals surface area contributed by atoms with Gasteiger partial charge in [0.1, 0.15) is 5.76 Å². The zero-order chi connectivity index (χ0) is 10.8. The van der Waals surface area contributed by atoms with Gasteiger partial charge in [0, 0.05) is 11.0 Å². The largest absolute Gasteiger partial charge is 0.360 e. The van der Waals surface area contributed by atoms with E-state index in [1.165, 1.54) is 0 Å². The van der Waals surface area contributed by atoms with E-state index < -0.39 is 0 Å². The molecule has 0 bridgehead atoms. The molecule has 0 fully saturated rings. The Balaban J connectivity index is 3.14. The van der Waals surface area contributed by atoms with Crippen molar-refractivity contribution in [3.05, 3.63) is 17.0 Å². The van der Waals surface area contributed by atoms with Crippen molar-refractivity contribution in [1.82, 2.24) is 5.16 Å². The molecular formula is C11H18N2O. The summed E-state index contributed by atoms with van der Waals surface area (Å²) < 4.78 is 5.37. The van der Waals surface area contributed by atoms with Gasteiger partial charge in [0.15, 0.2) is 0 Å². The monoisotopic (exact) mass is 194 g/mol. The maximum absolute atomic E-state index is 5.37. The average molecular weight is 194 g/mol. The third-order valence-corrected chi connectivity index (χ3v) is 2.75. The summed E-state index contributed by atoms with van der Waals surface area (Å²) in [7, 11) is 0. The van der Waals surface area contributed by atoms with Crippen LogP contribution in [0.5, 0.6) is 0 Å². The highest BCUT2D eigenvalue weighted by Gasteiger charge is 2.27. The Hall–Kier alpha value is -1.12. The molecule has 0 aliphatic rings. The minimum atomic E-state index is 0.0291. The standard InChI is InChI=1S/C11H18N2O/c1-6-11(3,4)10-9(7-12-5)8(2)13-14-10/h5-7H2,1-4H3. The van der Waals surface area contributed by atoms with Crippen LogP contribution in [0.2, 0.25) is 0 Å². The van der Waals surface area contributed by atoms with Gasteiger partial charge in [-0.25, -0.2) is 0 Å². The quantitative estimate of drug-likeness (QED) is 0.691. The molecule has 14 heavy (non-hydrogen) atoms. The van der Waals surface area contributed by atoms with E-state index in [9.17, 15) is 0 Å². The lowest BCUT2D eigenvalue weighted by molar-refractivity contribution is 0.307. The second kappa shape index (κ2) is 3.95. The number of rotatable bonds is 4. The number of nitrogens with zero attached hydrogens (tertiary/aromatic N) is 2. The van der Waals surface area contributed by atoms with Crippen LogP contribution in [0.25, 0.3) is 0 Å². The van der Waals surface area contributed by atoms with Crippen LogP contribution in [0.3, 0.4) is 0 Å². The van der Waals surface area contributed by atoms with Gasteiger partial charge in [-0.05, 0) is 20.1 Å². The summed E-state index contributed by atoms with van der Waals surface area (Å²) in [5.41, 5.74) is 2.04. The molecule has 78 valence electrons. The van der Waals surface area contributed by atoms with Gasteiger partial charge in [-0.3, -0.25) is 4.99 Å². The number of hydrogen-bond acceptors (Lipinski definition) is 3. The van der Waals surface area contributed by atoms with E-state index >= 15 is 0 Å². The fourth-order valence-corrected chi connectivity index (χ4v) is 1.38. The lowest BCUT2D eigenvalue weighted by Gasteiger charge is -2.19. The lowest BCUT2D eigenvalue weighted by Crippen LogP contribution is -2.16. The third-order valence-electron chi connectivity index (χ3n) is 2.75. The van der Waals surface area contributed by atoms with Crippen molar-refractivity contribution in [2.45, 2.75) is 46.1 Å². The van der Waals surface area contributed by atoms with Gasteiger partial charge < -0.3 is 4.52 Å². The minimum Gasteiger partial charge on any atom is -0.360 e. The summed E-state index contributed by atoms with van der Waals surface area (Å²) in [5, 5.41) is 3.99. The van der Waals surface area contributed by atoms with Crippen LogP contribution in [0, 0.1) is 6.92 Å². The molecule has 0 aliphatic carbocycles. The van der Waals surface area contributed by atoms with E-state index in [1.54, 1.807) is 0 Å². The van der Waals surface area contributed by atoms with Gasteiger partial charge in [-0.2, -0.15) is 0 Å². The Bertz CT molecular complexity index is 326. The van der Waals surface area contributed by atoms with Crippen molar-refractivity contribution in [2.75, 3.05) is 0 Å². The summed E-state index contributed by atoms with van der Waals surface area (Å²) in [6, 6.07) is 0. The summed E-state index contributed by atoms with van der Waals surface area (Å²) in [6.07, 6.45) is 1.02. The first kappa shape index (κ1) is 11.0. The van der Waals surface area contributed by atoms with Gasteiger partial charge in [0.25, 0.3) is 0 Å². The van der Waals surface area contributed by atoms with Crippen molar-refractivity contribution < 1.29 is 4.52 Å². The molecule has 0 unspecified atom stereocenters.